The molecule has 4 heteroatoms. The molecule has 4 aliphatic rings. The monoisotopic (exact) mass is 266 g/mol. The SMILES string of the molecule is C[C@@H]1CC[C@H]2[C@@H](C)C(=O)O[C@H]3O[C@]4(C)CC[C@H]1[C@]32O4. The van der Waals surface area contributed by atoms with E-state index in [-0.39, 0.29) is 23.4 Å². The molecule has 4 nitrogen and oxygen atoms in total. The maximum atomic E-state index is 12.1. The van der Waals surface area contributed by atoms with Crippen molar-refractivity contribution in [2.45, 2.75) is 64.1 Å². The Kier molecular flexibility index (Phi) is 2.26. The molecule has 3 heterocycles. The van der Waals surface area contributed by atoms with Gasteiger partial charge in [-0.05, 0) is 38.0 Å². The highest BCUT2D eigenvalue weighted by molar-refractivity contribution is 5.74. The van der Waals surface area contributed by atoms with Gasteiger partial charge in [0.1, 0.15) is 5.60 Å². The predicted molar refractivity (Wildman–Crippen MR) is 67.0 cm³/mol. The van der Waals surface area contributed by atoms with Gasteiger partial charge in [-0.2, -0.15) is 0 Å². The molecule has 19 heavy (non-hydrogen) atoms. The number of carbonyl (C=O) groups is 1. The summed E-state index contributed by atoms with van der Waals surface area (Å²) < 4.78 is 18.0. The lowest BCUT2D eigenvalue weighted by Gasteiger charge is -2.56. The minimum atomic E-state index is -0.555. The predicted octanol–water partition coefficient (Wildman–Crippen LogP) is 2.46. The van der Waals surface area contributed by atoms with E-state index in [2.05, 4.69) is 6.92 Å². The lowest BCUT2D eigenvalue weighted by atomic mass is 9.57. The van der Waals surface area contributed by atoms with Gasteiger partial charge in [0.2, 0.25) is 6.29 Å². The minimum absolute atomic E-state index is 0.0738. The van der Waals surface area contributed by atoms with Gasteiger partial charge in [0.05, 0.1) is 5.92 Å². The Morgan fingerprint density at radius 1 is 1.16 bits per heavy atom. The molecule has 0 radical (unpaired) electrons. The van der Waals surface area contributed by atoms with Gasteiger partial charge < -0.3 is 14.2 Å². The number of hydrogen-bond acceptors (Lipinski definition) is 4. The number of carbonyl (C=O) groups excluding carboxylic acids is 1. The maximum Gasteiger partial charge on any atom is 0.311 e. The van der Waals surface area contributed by atoms with Crippen molar-refractivity contribution in [1.82, 2.24) is 0 Å². The molecule has 4 fully saturated rings. The van der Waals surface area contributed by atoms with E-state index in [1.54, 1.807) is 0 Å². The topological polar surface area (TPSA) is 44.8 Å². The number of esters is 1. The maximum absolute atomic E-state index is 12.1. The number of fused-ring (bicyclic) bond motifs is 1. The third kappa shape index (κ3) is 1.34. The summed E-state index contributed by atoms with van der Waals surface area (Å²) >= 11 is 0. The van der Waals surface area contributed by atoms with E-state index in [1.165, 1.54) is 6.42 Å². The Morgan fingerprint density at radius 3 is 2.74 bits per heavy atom. The van der Waals surface area contributed by atoms with Crippen LogP contribution in [0.3, 0.4) is 0 Å². The third-order valence-corrected chi connectivity index (χ3v) is 6.00. The molecule has 7 atom stereocenters. The summed E-state index contributed by atoms with van der Waals surface area (Å²) in [7, 11) is 0. The smallest absolute Gasteiger partial charge is 0.311 e. The van der Waals surface area contributed by atoms with Crippen molar-refractivity contribution in [2.75, 3.05) is 0 Å². The Labute approximate surface area is 113 Å². The second-order valence-corrected chi connectivity index (χ2v) is 7.07. The molecule has 0 aromatic carbocycles. The molecule has 0 aromatic heterocycles. The van der Waals surface area contributed by atoms with Crippen LogP contribution in [-0.2, 0) is 19.0 Å². The second-order valence-electron chi connectivity index (χ2n) is 7.07. The average Bonchev–Trinajstić information content (AvgIpc) is 2.56. The molecule has 1 spiro atoms. The van der Waals surface area contributed by atoms with E-state index < -0.39 is 12.1 Å². The first-order chi connectivity index (χ1) is 8.96. The molecule has 3 saturated heterocycles. The van der Waals surface area contributed by atoms with Gasteiger partial charge in [0.15, 0.2) is 5.79 Å². The van der Waals surface area contributed by atoms with Crippen molar-refractivity contribution in [1.29, 1.82) is 0 Å². The van der Waals surface area contributed by atoms with E-state index in [0.717, 1.165) is 19.3 Å². The van der Waals surface area contributed by atoms with Crippen molar-refractivity contribution >= 4 is 5.97 Å². The quantitative estimate of drug-likeness (QED) is 0.632. The van der Waals surface area contributed by atoms with Gasteiger partial charge in [-0.3, -0.25) is 4.79 Å². The molecular formula is C15H22O4. The molecule has 106 valence electrons. The van der Waals surface area contributed by atoms with Crippen LogP contribution in [-0.4, -0.2) is 23.6 Å². The summed E-state index contributed by atoms with van der Waals surface area (Å²) in [5.41, 5.74) is -0.377. The highest BCUT2D eigenvalue weighted by atomic mass is 16.8. The van der Waals surface area contributed by atoms with Gasteiger partial charge in [-0.25, -0.2) is 0 Å². The molecule has 4 rings (SSSR count). The average molecular weight is 266 g/mol. The Bertz CT molecular complexity index is 436. The molecule has 1 aliphatic carbocycles. The van der Waals surface area contributed by atoms with E-state index >= 15 is 0 Å². The summed E-state index contributed by atoms with van der Waals surface area (Å²) in [5.74, 6) is 0.586. The summed E-state index contributed by atoms with van der Waals surface area (Å²) in [4.78, 5) is 12.1. The first-order valence-corrected chi connectivity index (χ1v) is 7.55. The lowest BCUT2D eigenvalue weighted by Crippen LogP contribution is -2.65. The summed E-state index contributed by atoms with van der Waals surface area (Å²) in [5, 5.41) is 0. The van der Waals surface area contributed by atoms with Crippen LogP contribution in [0, 0.1) is 23.7 Å². The standard InChI is InChI=1S/C15H22O4/c1-8-4-5-11-9(2)12(16)17-13-15(11)10(8)6-7-14(3,18-13)19-15/h8-11,13H,4-7H2,1-3H3/t8-,9-,10-,11+,13+,14+,15-/m1/s1. The fraction of sp³-hybridized carbons (Fsp3) is 0.933. The van der Waals surface area contributed by atoms with Gasteiger partial charge >= 0.3 is 5.97 Å². The van der Waals surface area contributed by atoms with E-state index in [4.69, 9.17) is 14.2 Å². The number of ether oxygens (including phenoxy) is 3. The normalized spacial score (nSPS) is 59.5. The first kappa shape index (κ1) is 12.2. The molecular weight excluding hydrogens is 244 g/mol. The van der Waals surface area contributed by atoms with Gasteiger partial charge in [0.25, 0.3) is 0 Å². The molecule has 1 saturated carbocycles. The summed E-state index contributed by atoms with van der Waals surface area (Å²) in [6.45, 7) is 6.28. The van der Waals surface area contributed by atoms with Crippen LogP contribution < -0.4 is 0 Å². The molecule has 0 aromatic rings. The van der Waals surface area contributed by atoms with Gasteiger partial charge in [-0.1, -0.05) is 13.8 Å². The molecule has 0 unspecified atom stereocenters. The van der Waals surface area contributed by atoms with Crippen LogP contribution in [0.2, 0.25) is 0 Å². The highest BCUT2D eigenvalue weighted by Crippen LogP contribution is 2.62. The Hall–Kier alpha value is -0.610. The zero-order valence-electron chi connectivity index (χ0n) is 11.8. The molecule has 3 aliphatic heterocycles. The van der Waals surface area contributed by atoms with Gasteiger partial charge in [-0.15, -0.1) is 0 Å². The van der Waals surface area contributed by atoms with Crippen LogP contribution in [0.1, 0.15) is 46.5 Å². The van der Waals surface area contributed by atoms with Crippen molar-refractivity contribution < 1.29 is 19.0 Å². The van der Waals surface area contributed by atoms with Crippen molar-refractivity contribution in [3.05, 3.63) is 0 Å². The summed E-state index contributed by atoms with van der Waals surface area (Å²) in [6, 6.07) is 0. The van der Waals surface area contributed by atoms with E-state index in [0.29, 0.717) is 11.8 Å². The molecule has 0 N–H and O–H groups in total. The van der Waals surface area contributed by atoms with Crippen LogP contribution in [0.15, 0.2) is 0 Å². The Morgan fingerprint density at radius 2 is 1.95 bits per heavy atom. The fourth-order valence-corrected chi connectivity index (χ4v) is 5.03. The van der Waals surface area contributed by atoms with Crippen LogP contribution in [0.4, 0.5) is 0 Å². The molecule has 2 bridgehead atoms. The zero-order valence-corrected chi connectivity index (χ0v) is 11.8. The minimum Gasteiger partial charge on any atom is -0.432 e. The summed E-state index contributed by atoms with van der Waals surface area (Å²) in [6.07, 6.45) is 3.76. The largest absolute Gasteiger partial charge is 0.432 e. The van der Waals surface area contributed by atoms with Crippen LogP contribution in [0.5, 0.6) is 0 Å². The van der Waals surface area contributed by atoms with Crippen molar-refractivity contribution in [2.24, 2.45) is 23.7 Å². The fourth-order valence-electron chi connectivity index (χ4n) is 5.03. The number of hydrogen-bond donors (Lipinski definition) is 0. The highest BCUT2D eigenvalue weighted by Gasteiger charge is 2.72. The zero-order chi connectivity index (χ0) is 13.4. The first-order valence-electron chi connectivity index (χ1n) is 7.55. The van der Waals surface area contributed by atoms with Gasteiger partial charge in [0, 0.05) is 12.3 Å². The lowest BCUT2D eigenvalue weighted by molar-refractivity contribution is -0.263. The van der Waals surface area contributed by atoms with Crippen molar-refractivity contribution in [3.63, 3.8) is 0 Å². The van der Waals surface area contributed by atoms with E-state index in [1.807, 2.05) is 13.8 Å². The third-order valence-electron chi connectivity index (χ3n) is 6.00. The molecule has 0 amide bonds. The van der Waals surface area contributed by atoms with Crippen molar-refractivity contribution in [3.8, 4) is 0 Å². The Balaban J connectivity index is 1.84. The van der Waals surface area contributed by atoms with Crippen LogP contribution >= 0.6 is 0 Å². The van der Waals surface area contributed by atoms with Crippen LogP contribution in [0.25, 0.3) is 0 Å². The van der Waals surface area contributed by atoms with E-state index in [9.17, 15) is 4.79 Å². The number of rotatable bonds is 0. The second kappa shape index (κ2) is 3.53.